The van der Waals surface area contributed by atoms with E-state index in [0.29, 0.717) is 6.10 Å². The minimum atomic E-state index is -0.0292. The monoisotopic (exact) mass is 252 g/mol. The Hall–Kier alpha value is -0.120. The molecule has 3 heteroatoms. The predicted molar refractivity (Wildman–Crippen MR) is 67.3 cm³/mol. The Morgan fingerprint density at radius 3 is 2.72 bits per heavy atom. The lowest BCUT2D eigenvalue weighted by Crippen LogP contribution is -2.60. The van der Waals surface area contributed by atoms with Gasteiger partial charge in [0.15, 0.2) is 0 Å². The molecular weight excluding hydrogens is 228 g/mol. The van der Waals surface area contributed by atoms with Crippen molar-refractivity contribution in [2.75, 3.05) is 26.4 Å². The molecule has 3 nitrogen and oxygen atoms in total. The Morgan fingerprint density at radius 1 is 1.11 bits per heavy atom. The lowest BCUT2D eigenvalue weighted by atomic mass is 9.46. The molecule has 1 heterocycles. The third kappa shape index (κ3) is 1.67. The average molecular weight is 252 g/mol. The zero-order valence-electron chi connectivity index (χ0n) is 11.3. The fraction of sp³-hybridized carbons (Fsp3) is 1.00. The maximum atomic E-state index is 6.02. The van der Waals surface area contributed by atoms with Gasteiger partial charge in [-0.2, -0.15) is 0 Å². The van der Waals surface area contributed by atoms with Gasteiger partial charge in [0.05, 0.1) is 32.5 Å². The van der Waals surface area contributed by atoms with Crippen LogP contribution in [0.15, 0.2) is 0 Å². The maximum Gasteiger partial charge on any atom is 0.112 e. The molecule has 1 saturated heterocycles. The molecule has 5 unspecified atom stereocenters. The Balaban J connectivity index is 1.17. The van der Waals surface area contributed by atoms with Crippen LogP contribution in [0.5, 0.6) is 0 Å². The first-order valence-corrected chi connectivity index (χ1v) is 7.60. The first-order chi connectivity index (χ1) is 8.77. The van der Waals surface area contributed by atoms with Crippen LogP contribution in [0, 0.1) is 23.7 Å². The van der Waals surface area contributed by atoms with Crippen molar-refractivity contribution in [1.82, 2.24) is 0 Å². The second-order valence-corrected chi connectivity index (χ2v) is 6.94. The van der Waals surface area contributed by atoms with Crippen LogP contribution in [0.2, 0.25) is 0 Å². The molecular formula is C15H24O3. The largest absolute Gasteiger partial charge is 0.376 e. The second-order valence-electron chi connectivity index (χ2n) is 6.94. The molecule has 0 aromatic heterocycles. The van der Waals surface area contributed by atoms with Gasteiger partial charge in [0, 0.05) is 0 Å². The molecule has 3 aliphatic carbocycles. The third-order valence-corrected chi connectivity index (χ3v) is 5.78. The highest BCUT2D eigenvalue weighted by Crippen LogP contribution is 2.65. The van der Waals surface area contributed by atoms with Crippen LogP contribution in [0.4, 0.5) is 0 Å². The van der Waals surface area contributed by atoms with Crippen molar-refractivity contribution in [2.24, 2.45) is 23.7 Å². The van der Waals surface area contributed by atoms with Crippen LogP contribution in [-0.2, 0) is 14.2 Å². The zero-order chi connectivity index (χ0) is 12.2. The lowest BCUT2D eigenvalue weighted by Gasteiger charge is -2.61. The van der Waals surface area contributed by atoms with Gasteiger partial charge in [-0.25, -0.2) is 0 Å². The number of hydrogen-bond donors (Lipinski definition) is 0. The minimum Gasteiger partial charge on any atom is -0.376 e. The van der Waals surface area contributed by atoms with Gasteiger partial charge in [0.1, 0.15) is 5.60 Å². The number of fused-ring (bicyclic) bond motifs is 4. The van der Waals surface area contributed by atoms with Crippen molar-refractivity contribution in [3.05, 3.63) is 0 Å². The SMILES string of the molecule is CC1(OCCOC2CC3C4CCCC4C23)COC1. The van der Waals surface area contributed by atoms with E-state index in [1.807, 2.05) is 0 Å². The summed E-state index contributed by atoms with van der Waals surface area (Å²) in [4.78, 5) is 0. The van der Waals surface area contributed by atoms with Gasteiger partial charge in [-0.05, 0) is 49.9 Å². The van der Waals surface area contributed by atoms with E-state index in [9.17, 15) is 0 Å². The average Bonchev–Trinajstić information content (AvgIpc) is 2.68. The standard InChI is InChI=1S/C15H24O3/c1-15(8-16-9-15)18-6-5-17-13-7-12-10-3-2-4-11(10)14(12)13/h10-14H,2-9H2,1H3. The van der Waals surface area contributed by atoms with Crippen LogP contribution < -0.4 is 0 Å². The van der Waals surface area contributed by atoms with Crippen LogP contribution in [-0.4, -0.2) is 38.1 Å². The predicted octanol–water partition coefficient (Wildman–Crippen LogP) is 2.24. The van der Waals surface area contributed by atoms with Crippen molar-refractivity contribution in [1.29, 1.82) is 0 Å². The minimum absolute atomic E-state index is 0.0292. The summed E-state index contributed by atoms with van der Waals surface area (Å²) >= 11 is 0. The van der Waals surface area contributed by atoms with Crippen LogP contribution in [0.3, 0.4) is 0 Å². The molecule has 5 atom stereocenters. The van der Waals surface area contributed by atoms with Gasteiger partial charge in [0.25, 0.3) is 0 Å². The van der Waals surface area contributed by atoms with E-state index < -0.39 is 0 Å². The van der Waals surface area contributed by atoms with Gasteiger partial charge in [-0.15, -0.1) is 0 Å². The highest BCUT2D eigenvalue weighted by Gasteiger charge is 2.61. The molecule has 3 saturated carbocycles. The number of hydrogen-bond acceptors (Lipinski definition) is 3. The zero-order valence-corrected chi connectivity index (χ0v) is 11.3. The van der Waals surface area contributed by atoms with Crippen molar-refractivity contribution >= 4 is 0 Å². The fourth-order valence-electron chi connectivity index (χ4n) is 4.74. The van der Waals surface area contributed by atoms with E-state index in [1.165, 1.54) is 25.7 Å². The smallest absolute Gasteiger partial charge is 0.112 e. The van der Waals surface area contributed by atoms with Crippen molar-refractivity contribution < 1.29 is 14.2 Å². The van der Waals surface area contributed by atoms with E-state index in [-0.39, 0.29) is 5.60 Å². The summed E-state index contributed by atoms with van der Waals surface area (Å²) in [6, 6.07) is 0. The van der Waals surface area contributed by atoms with Gasteiger partial charge >= 0.3 is 0 Å². The van der Waals surface area contributed by atoms with Crippen molar-refractivity contribution in [3.8, 4) is 0 Å². The Morgan fingerprint density at radius 2 is 1.94 bits per heavy atom. The second kappa shape index (κ2) is 4.19. The normalized spacial score (nSPS) is 47.5. The molecule has 0 bridgehead atoms. The van der Waals surface area contributed by atoms with Gasteiger partial charge in [-0.3, -0.25) is 0 Å². The molecule has 0 N–H and O–H groups in total. The summed E-state index contributed by atoms with van der Waals surface area (Å²) in [5, 5.41) is 0. The summed E-state index contributed by atoms with van der Waals surface area (Å²) in [5.41, 5.74) is -0.0292. The lowest BCUT2D eigenvalue weighted by molar-refractivity contribution is -0.227. The first-order valence-electron chi connectivity index (χ1n) is 7.60. The molecule has 0 aromatic carbocycles. The van der Waals surface area contributed by atoms with Crippen molar-refractivity contribution in [2.45, 2.75) is 44.3 Å². The molecule has 0 aromatic rings. The van der Waals surface area contributed by atoms with E-state index in [2.05, 4.69) is 6.92 Å². The highest BCUT2D eigenvalue weighted by atomic mass is 16.6. The summed E-state index contributed by atoms with van der Waals surface area (Å²) < 4.78 is 17.0. The third-order valence-electron chi connectivity index (χ3n) is 5.78. The van der Waals surface area contributed by atoms with Crippen molar-refractivity contribution in [3.63, 3.8) is 0 Å². The Labute approximate surface area is 109 Å². The quantitative estimate of drug-likeness (QED) is 0.702. The molecule has 0 radical (unpaired) electrons. The summed E-state index contributed by atoms with van der Waals surface area (Å²) in [6.45, 7) is 5.09. The summed E-state index contributed by atoms with van der Waals surface area (Å²) in [6.07, 6.45) is 6.32. The molecule has 18 heavy (non-hydrogen) atoms. The molecule has 4 fully saturated rings. The Bertz CT molecular complexity index is 326. The summed E-state index contributed by atoms with van der Waals surface area (Å²) in [7, 11) is 0. The van der Waals surface area contributed by atoms with Gasteiger partial charge < -0.3 is 14.2 Å². The molecule has 4 aliphatic rings. The fourth-order valence-corrected chi connectivity index (χ4v) is 4.74. The maximum absolute atomic E-state index is 6.02. The molecule has 0 amide bonds. The Kier molecular flexibility index (Phi) is 2.72. The van der Waals surface area contributed by atoms with E-state index >= 15 is 0 Å². The van der Waals surface area contributed by atoms with E-state index in [0.717, 1.165) is 50.1 Å². The van der Waals surface area contributed by atoms with E-state index in [4.69, 9.17) is 14.2 Å². The molecule has 4 rings (SSSR count). The highest BCUT2D eigenvalue weighted by molar-refractivity contribution is 5.10. The molecule has 1 aliphatic heterocycles. The molecule has 0 spiro atoms. The van der Waals surface area contributed by atoms with Crippen LogP contribution >= 0.6 is 0 Å². The summed E-state index contributed by atoms with van der Waals surface area (Å²) in [5.74, 6) is 4.05. The number of rotatable bonds is 5. The van der Waals surface area contributed by atoms with Crippen LogP contribution in [0.1, 0.15) is 32.6 Å². The van der Waals surface area contributed by atoms with E-state index in [1.54, 1.807) is 0 Å². The first kappa shape index (κ1) is 11.7. The van der Waals surface area contributed by atoms with Crippen LogP contribution in [0.25, 0.3) is 0 Å². The van der Waals surface area contributed by atoms with Gasteiger partial charge in [-0.1, -0.05) is 6.42 Å². The topological polar surface area (TPSA) is 27.7 Å². The molecule has 102 valence electrons. The number of ether oxygens (including phenoxy) is 3. The van der Waals surface area contributed by atoms with Gasteiger partial charge in [0.2, 0.25) is 0 Å².